The van der Waals surface area contributed by atoms with E-state index in [1.165, 1.54) is 24.3 Å². The van der Waals surface area contributed by atoms with Gasteiger partial charge < -0.3 is 15.5 Å². The number of furan rings is 1. The van der Waals surface area contributed by atoms with Crippen molar-refractivity contribution < 1.29 is 13.6 Å². The topological polar surface area (TPSA) is 68.3 Å². The Bertz CT molecular complexity index is 583. The van der Waals surface area contributed by atoms with Crippen LogP contribution in [-0.2, 0) is 6.54 Å². The normalized spacial score (nSPS) is 10.4. The Morgan fingerprint density at radius 2 is 2.17 bits per heavy atom. The van der Waals surface area contributed by atoms with E-state index in [4.69, 9.17) is 10.2 Å². The van der Waals surface area contributed by atoms with Crippen LogP contribution >= 0.6 is 15.9 Å². The van der Waals surface area contributed by atoms with Crippen LogP contribution in [0.1, 0.15) is 16.3 Å². The first-order chi connectivity index (χ1) is 8.60. The molecule has 0 bridgehead atoms. The first-order valence-corrected chi connectivity index (χ1v) is 5.94. The highest BCUT2D eigenvalue weighted by molar-refractivity contribution is 9.10. The second kappa shape index (κ2) is 5.32. The van der Waals surface area contributed by atoms with Gasteiger partial charge in [-0.1, -0.05) is 0 Å². The fraction of sp³-hybridized carbons (Fsp3) is 0.0833. The Hall–Kier alpha value is -1.66. The molecule has 0 aliphatic heterocycles. The van der Waals surface area contributed by atoms with Crippen LogP contribution in [0.15, 0.2) is 39.2 Å². The van der Waals surface area contributed by atoms with Crippen LogP contribution in [0.5, 0.6) is 0 Å². The van der Waals surface area contributed by atoms with Crippen molar-refractivity contribution in [3.63, 3.8) is 0 Å². The Balaban J connectivity index is 2.16. The van der Waals surface area contributed by atoms with Gasteiger partial charge in [-0.3, -0.25) is 4.79 Å². The molecular formula is C12H10BrFN2O2. The molecule has 1 aromatic heterocycles. The van der Waals surface area contributed by atoms with E-state index in [9.17, 15) is 9.18 Å². The highest BCUT2D eigenvalue weighted by atomic mass is 79.9. The lowest BCUT2D eigenvalue weighted by molar-refractivity contribution is 0.0995. The van der Waals surface area contributed by atoms with E-state index in [-0.39, 0.29) is 18.1 Å². The average molecular weight is 313 g/mol. The Kier molecular flexibility index (Phi) is 3.78. The number of amides is 1. The number of rotatable bonds is 3. The molecule has 18 heavy (non-hydrogen) atoms. The number of benzene rings is 1. The van der Waals surface area contributed by atoms with Gasteiger partial charge in [0, 0.05) is 4.47 Å². The molecule has 1 heterocycles. The molecule has 0 aliphatic carbocycles. The van der Waals surface area contributed by atoms with Gasteiger partial charge in [0.05, 0.1) is 12.2 Å². The summed E-state index contributed by atoms with van der Waals surface area (Å²) < 4.78 is 18.5. The second-order valence-electron chi connectivity index (χ2n) is 3.55. The van der Waals surface area contributed by atoms with Crippen molar-refractivity contribution >= 4 is 27.5 Å². The van der Waals surface area contributed by atoms with Crippen LogP contribution in [0.3, 0.4) is 0 Å². The molecule has 6 heteroatoms. The summed E-state index contributed by atoms with van der Waals surface area (Å²) in [5.41, 5.74) is 5.85. The van der Waals surface area contributed by atoms with Crippen molar-refractivity contribution in [3.8, 4) is 0 Å². The maximum absolute atomic E-state index is 12.9. The molecule has 0 atom stereocenters. The average Bonchev–Trinajstić information content (AvgIpc) is 2.81. The lowest BCUT2D eigenvalue weighted by atomic mass is 10.3. The van der Waals surface area contributed by atoms with Gasteiger partial charge in [-0.15, -0.1) is 0 Å². The summed E-state index contributed by atoms with van der Waals surface area (Å²) >= 11 is 3.16. The molecule has 0 radical (unpaired) electrons. The van der Waals surface area contributed by atoms with Gasteiger partial charge in [-0.25, -0.2) is 4.39 Å². The lowest BCUT2D eigenvalue weighted by Crippen LogP contribution is -2.11. The second-order valence-corrected chi connectivity index (χ2v) is 4.40. The summed E-state index contributed by atoms with van der Waals surface area (Å²) in [4.78, 5) is 11.8. The Morgan fingerprint density at radius 1 is 1.39 bits per heavy atom. The van der Waals surface area contributed by atoms with E-state index in [1.54, 1.807) is 6.07 Å². The highest BCUT2D eigenvalue weighted by Gasteiger charge is 2.12. The zero-order chi connectivity index (χ0) is 13.1. The highest BCUT2D eigenvalue weighted by Crippen LogP contribution is 2.23. The molecular weight excluding hydrogens is 303 g/mol. The van der Waals surface area contributed by atoms with E-state index in [2.05, 4.69) is 21.2 Å². The summed E-state index contributed by atoms with van der Waals surface area (Å²) in [6.45, 7) is 0.230. The Labute approximate surface area is 111 Å². The van der Waals surface area contributed by atoms with E-state index in [0.29, 0.717) is 15.9 Å². The third-order valence-corrected chi connectivity index (χ3v) is 2.92. The van der Waals surface area contributed by atoms with Gasteiger partial charge in [-0.05, 0) is 46.3 Å². The molecule has 3 N–H and O–H groups in total. The third kappa shape index (κ3) is 2.77. The fourth-order valence-electron chi connectivity index (χ4n) is 1.38. The van der Waals surface area contributed by atoms with Gasteiger partial charge in [0.2, 0.25) is 0 Å². The molecule has 0 fully saturated rings. The summed E-state index contributed by atoms with van der Waals surface area (Å²) in [5, 5.41) is 2.60. The first-order valence-electron chi connectivity index (χ1n) is 5.15. The molecule has 0 saturated heterocycles. The number of carbonyl (C=O) groups is 1. The summed E-state index contributed by atoms with van der Waals surface area (Å²) in [6, 6.07) is 7.16. The minimum absolute atomic E-state index is 0.159. The van der Waals surface area contributed by atoms with Crippen molar-refractivity contribution in [2.45, 2.75) is 6.54 Å². The molecule has 0 saturated carbocycles. The van der Waals surface area contributed by atoms with Crippen molar-refractivity contribution in [1.82, 2.24) is 0 Å². The van der Waals surface area contributed by atoms with Gasteiger partial charge in [0.1, 0.15) is 11.6 Å². The van der Waals surface area contributed by atoms with E-state index >= 15 is 0 Å². The molecule has 1 amide bonds. The molecule has 4 nitrogen and oxygen atoms in total. The lowest BCUT2D eigenvalue weighted by Gasteiger charge is -2.05. The number of carbonyl (C=O) groups excluding carboxylic acids is 1. The van der Waals surface area contributed by atoms with Crippen LogP contribution in [0.4, 0.5) is 10.1 Å². The summed E-state index contributed by atoms with van der Waals surface area (Å²) in [5.74, 6) is -0.115. The minimum Gasteiger partial charge on any atom is -0.455 e. The quantitative estimate of drug-likeness (QED) is 0.915. The number of anilines is 1. The van der Waals surface area contributed by atoms with Crippen LogP contribution in [-0.4, -0.2) is 5.91 Å². The molecule has 0 spiro atoms. The smallest absolute Gasteiger partial charge is 0.291 e. The predicted molar refractivity (Wildman–Crippen MR) is 68.7 cm³/mol. The SMILES string of the molecule is NCc1ccc(C(=O)Nc2ccc(F)cc2Br)o1. The van der Waals surface area contributed by atoms with Crippen LogP contribution in [0, 0.1) is 5.82 Å². The summed E-state index contributed by atoms with van der Waals surface area (Å²) in [7, 11) is 0. The number of nitrogens with two attached hydrogens (primary N) is 1. The van der Waals surface area contributed by atoms with E-state index in [0.717, 1.165) is 0 Å². The van der Waals surface area contributed by atoms with Crippen LogP contribution in [0.2, 0.25) is 0 Å². The largest absolute Gasteiger partial charge is 0.455 e. The minimum atomic E-state index is -0.415. The molecule has 1 aromatic carbocycles. The molecule has 0 aliphatic rings. The van der Waals surface area contributed by atoms with Crippen molar-refractivity contribution in [1.29, 1.82) is 0 Å². The molecule has 2 rings (SSSR count). The zero-order valence-corrected chi connectivity index (χ0v) is 10.8. The number of halogens is 2. The van der Waals surface area contributed by atoms with Crippen molar-refractivity contribution in [3.05, 3.63) is 52.1 Å². The number of hydrogen-bond acceptors (Lipinski definition) is 3. The maximum Gasteiger partial charge on any atom is 0.291 e. The molecule has 2 aromatic rings. The van der Waals surface area contributed by atoms with Crippen molar-refractivity contribution in [2.24, 2.45) is 5.73 Å². The summed E-state index contributed by atoms with van der Waals surface area (Å²) in [6.07, 6.45) is 0. The van der Waals surface area contributed by atoms with Crippen molar-refractivity contribution in [2.75, 3.05) is 5.32 Å². The zero-order valence-electron chi connectivity index (χ0n) is 9.24. The van der Waals surface area contributed by atoms with Gasteiger partial charge >= 0.3 is 0 Å². The van der Waals surface area contributed by atoms with Crippen LogP contribution in [0.25, 0.3) is 0 Å². The maximum atomic E-state index is 12.9. The van der Waals surface area contributed by atoms with Gasteiger partial charge in [0.25, 0.3) is 5.91 Å². The number of hydrogen-bond donors (Lipinski definition) is 2. The van der Waals surface area contributed by atoms with E-state index in [1.807, 2.05) is 0 Å². The van der Waals surface area contributed by atoms with Gasteiger partial charge in [-0.2, -0.15) is 0 Å². The van der Waals surface area contributed by atoms with Gasteiger partial charge in [0.15, 0.2) is 5.76 Å². The monoisotopic (exact) mass is 312 g/mol. The Morgan fingerprint density at radius 3 is 2.78 bits per heavy atom. The molecule has 94 valence electrons. The number of nitrogens with one attached hydrogen (secondary N) is 1. The van der Waals surface area contributed by atoms with E-state index < -0.39 is 5.91 Å². The fourth-order valence-corrected chi connectivity index (χ4v) is 1.83. The molecule has 0 unspecified atom stereocenters. The third-order valence-electron chi connectivity index (χ3n) is 2.27. The standard InChI is InChI=1S/C12H10BrFN2O2/c13-9-5-7(14)1-3-10(9)16-12(17)11-4-2-8(6-15)18-11/h1-5H,6,15H2,(H,16,17). The van der Waals surface area contributed by atoms with Crippen LogP contribution < -0.4 is 11.1 Å². The first kappa shape index (κ1) is 12.8. The predicted octanol–water partition coefficient (Wildman–Crippen LogP) is 2.89.